The van der Waals surface area contributed by atoms with E-state index in [-0.39, 0.29) is 5.91 Å². The van der Waals surface area contributed by atoms with Crippen molar-refractivity contribution in [1.29, 1.82) is 0 Å². The SMILES string of the molecule is Cc1nn(C)c(C)c1CCC(=O)Nc1cc(CC2CCCCC2)[nH]n1. The fourth-order valence-corrected chi connectivity index (χ4v) is 3.86. The summed E-state index contributed by atoms with van der Waals surface area (Å²) in [7, 11) is 1.93. The number of H-pyrrole nitrogens is 1. The molecule has 1 saturated carbocycles. The summed E-state index contributed by atoms with van der Waals surface area (Å²) in [5.74, 6) is 1.39. The van der Waals surface area contributed by atoms with Crippen LogP contribution in [-0.2, 0) is 24.7 Å². The lowest BCUT2D eigenvalue weighted by Crippen LogP contribution is -2.13. The van der Waals surface area contributed by atoms with Crippen LogP contribution in [0.3, 0.4) is 0 Å². The Morgan fingerprint density at radius 2 is 2.08 bits per heavy atom. The van der Waals surface area contributed by atoms with E-state index in [2.05, 4.69) is 20.6 Å². The quantitative estimate of drug-likeness (QED) is 0.843. The van der Waals surface area contributed by atoms with Crippen LogP contribution in [0, 0.1) is 19.8 Å². The van der Waals surface area contributed by atoms with Crippen molar-refractivity contribution in [2.75, 3.05) is 5.32 Å². The molecule has 2 heterocycles. The predicted octanol–water partition coefficient (Wildman–Crippen LogP) is 3.45. The molecular weight excluding hydrogens is 314 g/mol. The summed E-state index contributed by atoms with van der Waals surface area (Å²) >= 11 is 0. The molecular formula is C19H29N5O. The smallest absolute Gasteiger partial charge is 0.225 e. The predicted molar refractivity (Wildman–Crippen MR) is 98.5 cm³/mol. The van der Waals surface area contributed by atoms with E-state index in [0.717, 1.165) is 35.0 Å². The fraction of sp³-hybridized carbons (Fsp3) is 0.632. The molecule has 0 bridgehead atoms. The number of nitrogens with one attached hydrogen (secondary N) is 2. The second kappa shape index (κ2) is 7.85. The number of hydrogen-bond donors (Lipinski definition) is 2. The van der Waals surface area contributed by atoms with E-state index in [4.69, 9.17) is 0 Å². The Labute approximate surface area is 149 Å². The molecule has 3 rings (SSSR count). The zero-order chi connectivity index (χ0) is 17.8. The molecule has 6 heteroatoms. The van der Waals surface area contributed by atoms with E-state index >= 15 is 0 Å². The van der Waals surface area contributed by atoms with Gasteiger partial charge in [0.1, 0.15) is 0 Å². The summed E-state index contributed by atoms with van der Waals surface area (Å²) in [6, 6.07) is 1.98. The molecule has 2 aromatic heterocycles. The molecule has 0 unspecified atom stereocenters. The molecule has 2 N–H and O–H groups in total. The number of aromatic amines is 1. The third-order valence-corrected chi connectivity index (χ3v) is 5.39. The molecule has 1 fully saturated rings. The lowest BCUT2D eigenvalue weighted by molar-refractivity contribution is -0.116. The molecule has 1 aliphatic carbocycles. The maximum Gasteiger partial charge on any atom is 0.225 e. The first-order valence-corrected chi connectivity index (χ1v) is 9.36. The minimum atomic E-state index is -0.00151. The van der Waals surface area contributed by atoms with Gasteiger partial charge in [-0.15, -0.1) is 0 Å². The van der Waals surface area contributed by atoms with Crippen molar-refractivity contribution in [1.82, 2.24) is 20.0 Å². The number of hydrogen-bond acceptors (Lipinski definition) is 3. The summed E-state index contributed by atoms with van der Waals surface area (Å²) in [5.41, 5.74) is 4.42. The van der Waals surface area contributed by atoms with E-state index in [0.29, 0.717) is 18.7 Å². The van der Waals surface area contributed by atoms with Gasteiger partial charge in [0.05, 0.1) is 5.69 Å². The number of carbonyl (C=O) groups excluding carboxylic acids is 1. The summed E-state index contributed by atoms with van der Waals surface area (Å²) in [5, 5.41) is 14.6. The van der Waals surface area contributed by atoms with E-state index in [1.165, 1.54) is 32.1 Å². The van der Waals surface area contributed by atoms with Crippen LogP contribution in [0.15, 0.2) is 6.07 Å². The van der Waals surface area contributed by atoms with Crippen LogP contribution in [0.1, 0.15) is 61.2 Å². The van der Waals surface area contributed by atoms with Gasteiger partial charge in [0.2, 0.25) is 5.91 Å². The first-order valence-electron chi connectivity index (χ1n) is 9.36. The maximum absolute atomic E-state index is 12.2. The van der Waals surface area contributed by atoms with Crippen molar-refractivity contribution in [3.8, 4) is 0 Å². The van der Waals surface area contributed by atoms with E-state index < -0.39 is 0 Å². The van der Waals surface area contributed by atoms with Crippen LogP contribution < -0.4 is 5.32 Å². The van der Waals surface area contributed by atoms with Gasteiger partial charge in [-0.3, -0.25) is 14.6 Å². The van der Waals surface area contributed by atoms with Crippen LogP contribution in [0.4, 0.5) is 5.82 Å². The highest BCUT2D eigenvalue weighted by Gasteiger charge is 2.16. The number of rotatable bonds is 6. The maximum atomic E-state index is 12.2. The highest BCUT2D eigenvalue weighted by molar-refractivity contribution is 5.89. The molecule has 2 aromatic rings. The van der Waals surface area contributed by atoms with Crippen LogP contribution in [0.25, 0.3) is 0 Å². The number of nitrogens with zero attached hydrogens (tertiary/aromatic N) is 3. The van der Waals surface area contributed by atoms with Gasteiger partial charge < -0.3 is 5.32 Å². The normalized spacial score (nSPS) is 15.5. The van der Waals surface area contributed by atoms with Gasteiger partial charge in [0.25, 0.3) is 0 Å². The van der Waals surface area contributed by atoms with Gasteiger partial charge in [-0.05, 0) is 38.2 Å². The molecule has 1 aliphatic rings. The first kappa shape index (κ1) is 17.7. The van der Waals surface area contributed by atoms with Gasteiger partial charge >= 0.3 is 0 Å². The Hall–Kier alpha value is -2.11. The highest BCUT2D eigenvalue weighted by Crippen LogP contribution is 2.26. The zero-order valence-corrected chi connectivity index (χ0v) is 15.6. The van der Waals surface area contributed by atoms with Gasteiger partial charge in [0, 0.05) is 30.9 Å². The number of carbonyl (C=O) groups is 1. The molecule has 0 spiro atoms. The van der Waals surface area contributed by atoms with Crippen LogP contribution in [0.2, 0.25) is 0 Å². The number of amides is 1. The highest BCUT2D eigenvalue weighted by atomic mass is 16.1. The van der Waals surface area contributed by atoms with E-state index in [1.54, 1.807) is 0 Å². The largest absolute Gasteiger partial charge is 0.309 e. The molecule has 6 nitrogen and oxygen atoms in total. The lowest BCUT2D eigenvalue weighted by atomic mass is 9.86. The Bertz CT molecular complexity index is 724. The third-order valence-electron chi connectivity index (χ3n) is 5.39. The lowest BCUT2D eigenvalue weighted by Gasteiger charge is -2.20. The molecule has 0 aromatic carbocycles. The average Bonchev–Trinajstić information content (AvgIpc) is 3.11. The van der Waals surface area contributed by atoms with Gasteiger partial charge in [-0.25, -0.2) is 0 Å². The topological polar surface area (TPSA) is 75.6 Å². The molecule has 0 aliphatic heterocycles. The molecule has 0 radical (unpaired) electrons. The number of aromatic nitrogens is 4. The molecule has 25 heavy (non-hydrogen) atoms. The van der Waals surface area contributed by atoms with Gasteiger partial charge in [0.15, 0.2) is 5.82 Å². The van der Waals surface area contributed by atoms with Crippen molar-refractivity contribution in [2.45, 2.75) is 65.2 Å². The standard InChI is InChI=1S/C19H29N5O/c1-13-17(14(2)24(3)23-13)9-10-19(25)20-18-12-16(21-22-18)11-15-7-5-4-6-8-15/h12,15H,4-11H2,1-3H3,(H2,20,21,22,25). The summed E-state index contributed by atoms with van der Waals surface area (Å²) in [6.45, 7) is 4.03. The minimum absolute atomic E-state index is 0.00151. The van der Waals surface area contributed by atoms with Crippen LogP contribution in [-0.4, -0.2) is 25.9 Å². The van der Waals surface area contributed by atoms with E-state index in [1.807, 2.05) is 31.6 Å². The Morgan fingerprint density at radius 1 is 1.32 bits per heavy atom. The minimum Gasteiger partial charge on any atom is -0.309 e. The van der Waals surface area contributed by atoms with Crippen LogP contribution in [0.5, 0.6) is 0 Å². The van der Waals surface area contributed by atoms with Crippen LogP contribution >= 0.6 is 0 Å². The molecule has 1 amide bonds. The number of aryl methyl sites for hydroxylation is 2. The fourth-order valence-electron chi connectivity index (χ4n) is 3.86. The van der Waals surface area contributed by atoms with Crippen molar-refractivity contribution in [2.24, 2.45) is 13.0 Å². The average molecular weight is 343 g/mol. The monoisotopic (exact) mass is 343 g/mol. The summed E-state index contributed by atoms with van der Waals surface area (Å²) < 4.78 is 1.87. The Morgan fingerprint density at radius 3 is 2.76 bits per heavy atom. The first-order chi connectivity index (χ1) is 12.0. The van der Waals surface area contributed by atoms with Crippen molar-refractivity contribution in [3.05, 3.63) is 28.7 Å². The van der Waals surface area contributed by atoms with Crippen molar-refractivity contribution in [3.63, 3.8) is 0 Å². The van der Waals surface area contributed by atoms with Gasteiger partial charge in [-0.1, -0.05) is 32.1 Å². The molecule has 136 valence electrons. The van der Waals surface area contributed by atoms with Gasteiger partial charge in [-0.2, -0.15) is 10.2 Å². The van der Waals surface area contributed by atoms with E-state index in [9.17, 15) is 4.79 Å². The molecule has 0 atom stereocenters. The second-order valence-electron chi connectivity index (χ2n) is 7.31. The molecule has 0 saturated heterocycles. The second-order valence-corrected chi connectivity index (χ2v) is 7.31. The van der Waals surface area contributed by atoms with Crippen molar-refractivity contribution >= 4 is 11.7 Å². The third kappa shape index (κ3) is 4.50. The zero-order valence-electron chi connectivity index (χ0n) is 15.6. The summed E-state index contributed by atoms with van der Waals surface area (Å²) in [6.07, 6.45) is 8.86. The Balaban J connectivity index is 1.49. The Kier molecular flexibility index (Phi) is 5.56. The summed E-state index contributed by atoms with van der Waals surface area (Å²) in [4.78, 5) is 12.2. The van der Waals surface area contributed by atoms with Crippen molar-refractivity contribution < 1.29 is 4.79 Å². The number of anilines is 1.